The number of aryl methyl sites for hydroxylation is 2. The lowest BCUT2D eigenvalue weighted by molar-refractivity contribution is -0.117. The van der Waals surface area contributed by atoms with Gasteiger partial charge in [-0.15, -0.1) is 0 Å². The van der Waals surface area contributed by atoms with Gasteiger partial charge >= 0.3 is 0 Å². The van der Waals surface area contributed by atoms with Crippen LogP contribution in [0.5, 0.6) is 0 Å². The van der Waals surface area contributed by atoms with E-state index >= 15 is 0 Å². The van der Waals surface area contributed by atoms with Crippen LogP contribution in [-0.2, 0) is 4.79 Å². The number of fused-ring (bicyclic) bond motifs is 1. The van der Waals surface area contributed by atoms with E-state index in [2.05, 4.69) is 27.8 Å². The summed E-state index contributed by atoms with van der Waals surface area (Å²) in [4.78, 5) is 29.0. The Morgan fingerprint density at radius 3 is 2.69 bits per heavy atom. The zero-order valence-corrected chi connectivity index (χ0v) is 15.4. The lowest BCUT2D eigenvalue weighted by Gasteiger charge is -2.06. The summed E-state index contributed by atoms with van der Waals surface area (Å²) in [5.41, 5.74) is 4.33. The molecule has 0 aliphatic heterocycles. The minimum atomic E-state index is -0.235. The number of hydrogen-bond acceptors (Lipinski definition) is 4. The van der Waals surface area contributed by atoms with Crippen molar-refractivity contribution in [3.63, 3.8) is 0 Å². The number of nitrogens with one attached hydrogen (secondary N) is 2. The minimum absolute atomic E-state index is 0.0274. The molecule has 1 aromatic heterocycles. The lowest BCUT2D eigenvalue weighted by atomic mass is 10.1. The van der Waals surface area contributed by atoms with Gasteiger partial charge < -0.3 is 5.32 Å². The highest BCUT2D eigenvalue weighted by molar-refractivity contribution is 7.22. The molecule has 132 valence electrons. The van der Waals surface area contributed by atoms with Crippen LogP contribution in [0, 0.1) is 19.8 Å². The summed E-state index contributed by atoms with van der Waals surface area (Å²) in [6.07, 6.45) is 1.89. The molecule has 2 amide bonds. The molecule has 1 aliphatic carbocycles. The molecule has 6 heteroatoms. The number of aromatic nitrogens is 1. The molecule has 3 aromatic rings. The van der Waals surface area contributed by atoms with E-state index in [-0.39, 0.29) is 17.7 Å². The average Bonchev–Trinajstić information content (AvgIpc) is 3.37. The van der Waals surface area contributed by atoms with Crippen LogP contribution in [0.3, 0.4) is 0 Å². The van der Waals surface area contributed by atoms with Crippen LogP contribution in [-0.4, -0.2) is 16.8 Å². The predicted molar refractivity (Wildman–Crippen MR) is 105 cm³/mol. The van der Waals surface area contributed by atoms with Crippen molar-refractivity contribution < 1.29 is 9.59 Å². The largest absolute Gasteiger partial charge is 0.326 e. The van der Waals surface area contributed by atoms with Crippen molar-refractivity contribution in [3.8, 4) is 0 Å². The average molecular weight is 365 g/mol. The molecule has 1 aliphatic rings. The van der Waals surface area contributed by atoms with E-state index in [9.17, 15) is 9.59 Å². The third kappa shape index (κ3) is 3.46. The molecule has 1 heterocycles. The maximum Gasteiger partial charge on any atom is 0.257 e. The van der Waals surface area contributed by atoms with Crippen LogP contribution >= 0.6 is 11.3 Å². The van der Waals surface area contributed by atoms with Gasteiger partial charge in [0.2, 0.25) is 5.91 Å². The number of benzene rings is 2. The molecule has 0 bridgehead atoms. The number of hydrogen-bond donors (Lipinski definition) is 2. The summed E-state index contributed by atoms with van der Waals surface area (Å²) in [6, 6.07) is 11.1. The standard InChI is InChI=1S/C20H19N3O2S/c1-11-8-12(2)17-16(9-11)26-20(22-17)23-19(25)14-4-3-5-15(10-14)21-18(24)13-6-7-13/h3-5,8-10,13H,6-7H2,1-2H3,(H,21,24)(H,22,23,25). The number of amides is 2. The first-order chi connectivity index (χ1) is 12.5. The fourth-order valence-corrected chi connectivity index (χ4v) is 3.96. The van der Waals surface area contributed by atoms with Crippen molar-refractivity contribution in [1.29, 1.82) is 0 Å². The summed E-state index contributed by atoms with van der Waals surface area (Å²) in [6.45, 7) is 4.07. The van der Waals surface area contributed by atoms with Crippen LogP contribution in [0.1, 0.15) is 34.3 Å². The van der Waals surface area contributed by atoms with Crippen LogP contribution in [0.25, 0.3) is 10.2 Å². The number of carbonyl (C=O) groups is 2. The molecule has 4 rings (SSSR count). The Balaban J connectivity index is 1.52. The molecule has 0 atom stereocenters. The zero-order chi connectivity index (χ0) is 18.3. The number of thiazole rings is 1. The second kappa shape index (κ2) is 6.53. The highest BCUT2D eigenvalue weighted by Crippen LogP contribution is 2.31. The van der Waals surface area contributed by atoms with E-state index in [0.717, 1.165) is 28.6 Å². The van der Waals surface area contributed by atoms with Gasteiger partial charge in [-0.2, -0.15) is 0 Å². The van der Waals surface area contributed by atoms with Crippen molar-refractivity contribution in [2.45, 2.75) is 26.7 Å². The highest BCUT2D eigenvalue weighted by Gasteiger charge is 2.29. The Morgan fingerprint density at radius 1 is 1.12 bits per heavy atom. The first-order valence-electron chi connectivity index (χ1n) is 8.59. The number of anilines is 2. The van der Waals surface area contributed by atoms with Gasteiger partial charge in [0.25, 0.3) is 5.91 Å². The van der Waals surface area contributed by atoms with Gasteiger partial charge in [0.15, 0.2) is 5.13 Å². The Morgan fingerprint density at radius 2 is 1.92 bits per heavy atom. The third-order valence-corrected chi connectivity index (χ3v) is 5.31. The normalized spacial score (nSPS) is 13.6. The monoisotopic (exact) mass is 365 g/mol. The molecule has 0 unspecified atom stereocenters. The summed E-state index contributed by atoms with van der Waals surface area (Å²) < 4.78 is 1.06. The van der Waals surface area contributed by atoms with Crippen LogP contribution < -0.4 is 10.6 Å². The van der Waals surface area contributed by atoms with Crippen molar-refractivity contribution in [3.05, 3.63) is 53.1 Å². The van der Waals surface area contributed by atoms with Crippen molar-refractivity contribution >= 4 is 44.2 Å². The number of carbonyl (C=O) groups excluding carboxylic acids is 2. The molecule has 0 radical (unpaired) electrons. The van der Waals surface area contributed by atoms with E-state index < -0.39 is 0 Å². The van der Waals surface area contributed by atoms with E-state index in [1.165, 1.54) is 16.9 Å². The van der Waals surface area contributed by atoms with E-state index in [4.69, 9.17) is 0 Å². The van der Waals surface area contributed by atoms with Gasteiger partial charge in [0, 0.05) is 17.2 Å². The summed E-state index contributed by atoms with van der Waals surface area (Å²) in [5.74, 6) is -0.0811. The Bertz CT molecular complexity index is 1020. The fourth-order valence-electron chi connectivity index (χ4n) is 2.92. The van der Waals surface area contributed by atoms with Crippen molar-refractivity contribution in [2.75, 3.05) is 10.6 Å². The lowest BCUT2D eigenvalue weighted by Crippen LogP contribution is -2.15. The minimum Gasteiger partial charge on any atom is -0.326 e. The van der Waals surface area contributed by atoms with E-state index in [0.29, 0.717) is 16.4 Å². The predicted octanol–water partition coefficient (Wildman–Crippen LogP) is 4.51. The van der Waals surface area contributed by atoms with Crippen molar-refractivity contribution in [1.82, 2.24) is 4.98 Å². The molecular weight excluding hydrogens is 346 g/mol. The van der Waals surface area contributed by atoms with Gasteiger partial charge in [-0.05, 0) is 62.1 Å². The Labute approximate surface area is 155 Å². The van der Waals surface area contributed by atoms with Crippen LogP contribution in [0.2, 0.25) is 0 Å². The van der Waals surface area contributed by atoms with Gasteiger partial charge in [0.1, 0.15) is 0 Å². The molecule has 0 saturated heterocycles. The molecule has 26 heavy (non-hydrogen) atoms. The molecule has 1 fully saturated rings. The van der Waals surface area contributed by atoms with Gasteiger partial charge in [0.05, 0.1) is 10.2 Å². The fraction of sp³-hybridized carbons (Fsp3) is 0.250. The van der Waals surface area contributed by atoms with Gasteiger partial charge in [-0.3, -0.25) is 14.9 Å². The first kappa shape index (κ1) is 16.7. The van der Waals surface area contributed by atoms with E-state index in [1.807, 2.05) is 13.8 Å². The molecule has 0 spiro atoms. The second-order valence-corrected chi connectivity index (χ2v) is 7.78. The van der Waals surface area contributed by atoms with Gasteiger partial charge in [-0.25, -0.2) is 4.98 Å². The Hall–Kier alpha value is -2.73. The van der Waals surface area contributed by atoms with Crippen LogP contribution in [0.4, 0.5) is 10.8 Å². The zero-order valence-electron chi connectivity index (χ0n) is 14.6. The number of nitrogens with zero attached hydrogens (tertiary/aromatic N) is 1. The third-order valence-electron chi connectivity index (χ3n) is 4.39. The molecular formula is C20H19N3O2S. The molecule has 1 saturated carbocycles. The summed E-state index contributed by atoms with van der Waals surface area (Å²) >= 11 is 1.46. The van der Waals surface area contributed by atoms with Crippen molar-refractivity contribution in [2.24, 2.45) is 5.92 Å². The first-order valence-corrected chi connectivity index (χ1v) is 9.41. The molecule has 2 N–H and O–H groups in total. The maximum atomic E-state index is 12.6. The maximum absolute atomic E-state index is 12.6. The van der Waals surface area contributed by atoms with Gasteiger partial charge in [-0.1, -0.05) is 23.5 Å². The summed E-state index contributed by atoms with van der Waals surface area (Å²) in [5, 5.41) is 6.31. The quantitative estimate of drug-likeness (QED) is 0.714. The van der Waals surface area contributed by atoms with E-state index in [1.54, 1.807) is 24.3 Å². The topological polar surface area (TPSA) is 71.1 Å². The Kier molecular flexibility index (Phi) is 4.20. The number of rotatable bonds is 4. The smallest absolute Gasteiger partial charge is 0.257 e. The summed E-state index contributed by atoms with van der Waals surface area (Å²) in [7, 11) is 0. The highest BCUT2D eigenvalue weighted by atomic mass is 32.1. The molecule has 2 aromatic carbocycles. The van der Waals surface area contributed by atoms with Crippen LogP contribution in [0.15, 0.2) is 36.4 Å². The second-order valence-electron chi connectivity index (χ2n) is 6.75. The SMILES string of the molecule is Cc1cc(C)c2nc(NC(=O)c3cccc(NC(=O)C4CC4)c3)sc2c1. The molecule has 5 nitrogen and oxygen atoms in total.